The van der Waals surface area contributed by atoms with Crippen molar-refractivity contribution in [2.24, 2.45) is 5.10 Å². The molecule has 1 heterocycles. The summed E-state index contributed by atoms with van der Waals surface area (Å²) in [5, 5.41) is 5.31. The Morgan fingerprint density at radius 3 is 2.77 bits per heavy atom. The van der Waals surface area contributed by atoms with E-state index in [1.807, 2.05) is 45.0 Å². The fourth-order valence-electron chi connectivity index (χ4n) is 2.82. The predicted molar refractivity (Wildman–Crippen MR) is 121 cm³/mol. The highest BCUT2D eigenvalue weighted by molar-refractivity contribution is 6.32. The number of aromatic nitrogens is 1. The molecule has 0 atom stereocenters. The number of fused-ring (bicyclic) bond motifs is 1. The van der Waals surface area contributed by atoms with Gasteiger partial charge in [0.25, 0.3) is 5.91 Å². The summed E-state index contributed by atoms with van der Waals surface area (Å²) in [6.07, 6.45) is 3.11. The molecule has 0 aliphatic carbocycles. The van der Waals surface area contributed by atoms with Crippen molar-refractivity contribution in [2.75, 3.05) is 13.2 Å². The zero-order valence-electron chi connectivity index (χ0n) is 17.6. The van der Waals surface area contributed by atoms with Gasteiger partial charge in [0.15, 0.2) is 18.1 Å². The standard InChI is InChI=1S/C23H24ClN3O4/c1-4-29-20-12-16(11-18(24)23(20)31-15(2)3)13-26-27-21(28)14-30-19-9-5-7-17-8-6-10-25-22(17)19/h5-13,15H,4,14H2,1-3H3,(H,27,28)/b26-13+. The van der Waals surface area contributed by atoms with Crippen LogP contribution in [-0.4, -0.2) is 36.4 Å². The Kier molecular flexibility index (Phi) is 7.67. The minimum Gasteiger partial charge on any atom is -0.490 e. The largest absolute Gasteiger partial charge is 0.490 e. The van der Waals surface area contributed by atoms with Crippen LogP contribution in [0, 0.1) is 0 Å². The first-order valence-corrected chi connectivity index (χ1v) is 10.3. The lowest BCUT2D eigenvalue weighted by molar-refractivity contribution is -0.123. The van der Waals surface area contributed by atoms with Gasteiger partial charge in [-0.05, 0) is 50.6 Å². The lowest BCUT2D eigenvalue weighted by atomic mass is 10.2. The highest BCUT2D eigenvalue weighted by Crippen LogP contribution is 2.37. The number of hydrogen-bond acceptors (Lipinski definition) is 6. The summed E-state index contributed by atoms with van der Waals surface area (Å²) in [5.74, 6) is 1.13. The second kappa shape index (κ2) is 10.6. The second-order valence-corrected chi connectivity index (χ2v) is 7.25. The monoisotopic (exact) mass is 441 g/mol. The predicted octanol–water partition coefficient (Wildman–Crippen LogP) is 4.60. The molecule has 0 bridgehead atoms. The van der Waals surface area contributed by atoms with Crippen molar-refractivity contribution < 1.29 is 19.0 Å². The first kappa shape index (κ1) is 22.4. The van der Waals surface area contributed by atoms with Crippen molar-refractivity contribution in [3.05, 3.63) is 59.2 Å². The number of hydrogen-bond donors (Lipinski definition) is 1. The minimum absolute atomic E-state index is 0.0487. The van der Waals surface area contributed by atoms with Crippen LogP contribution in [0.25, 0.3) is 10.9 Å². The van der Waals surface area contributed by atoms with Crippen LogP contribution in [0.1, 0.15) is 26.3 Å². The van der Waals surface area contributed by atoms with Gasteiger partial charge in [-0.3, -0.25) is 9.78 Å². The molecule has 0 spiro atoms. The lowest BCUT2D eigenvalue weighted by Gasteiger charge is -2.16. The van der Waals surface area contributed by atoms with Gasteiger partial charge in [0.1, 0.15) is 11.3 Å². The Morgan fingerprint density at radius 1 is 1.19 bits per heavy atom. The van der Waals surface area contributed by atoms with Gasteiger partial charge in [0.2, 0.25) is 0 Å². The van der Waals surface area contributed by atoms with E-state index in [0.717, 1.165) is 5.39 Å². The van der Waals surface area contributed by atoms with Crippen molar-refractivity contribution in [2.45, 2.75) is 26.9 Å². The Labute approximate surface area is 186 Å². The highest BCUT2D eigenvalue weighted by Gasteiger charge is 2.13. The molecule has 162 valence electrons. The van der Waals surface area contributed by atoms with E-state index in [1.165, 1.54) is 6.21 Å². The molecule has 3 rings (SSSR count). The number of hydrazone groups is 1. The van der Waals surface area contributed by atoms with Crippen molar-refractivity contribution in [3.63, 3.8) is 0 Å². The van der Waals surface area contributed by atoms with Crippen LogP contribution < -0.4 is 19.6 Å². The van der Waals surface area contributed by atoms with Crippen LogP contribution in [0.2, 0.25) is 5.02 Å². The Hall–Kier alpha value is -3.32. The fourth-order valence-corrected chi connectivity index (χ4v) is 3.09. The molecule has 7 nitrogen and oxygen atoms in total. The smallest absolute Gasteiger partial charge is 0.277 e. The van der Waals surface area contributed by atoms with Gasteiger partial charge in [0, 0.05) is 11.6 Å². The van der Waals surface area contributed by atoms with Crippen molar-refractivity contribution >= 4 is 34.6 Å². The number of rotatable bonds is 9. The number of benzene rings is 2. The van der Waals surface area contributed by atoms with E-state index in [-0.39, 0.29) is 12.7 Å². The first-order chi connectivity index (χ1) is 15.0. The van der Waals surface area contributed by atoms with E-state index in [1.54, 1.807) is 24.4 Å². The Morgan fingerprint density at radius 2 is 2.00 bits per heavy atom. The minimum atomic E-state index is -0.403. The normalized spacial score (nSPS) is 11.1. The topological polar surface area (TPSA) is 82.0 Å². The number of ether oxygens (including phenoxy) is 3. The summed E-state index contributed by atoms with van der Waals surface area (Å²) < 4.78 is 17.0. The molecule has 0 saturated heterocycles. The molecule has 0 radical (unpaired) electrons. The molecule has 31 heavy (non-hydrogen) atoms. The molecule has 1 amide bonds. The molecule has 1 aromatic heterocycles. The van der Waals surface area contributed by atoms with E-state index in [0.29, 0.717) is 40.0 Å². The van der Waals surface area contributed by atoms with Gasteiger partial charge in [0.05, 0.1) is 23.9 Å². The van der Waals surface area contributed by atoms with Crippen molar-refractivity contribution in [3.8, 4) is 17.2 Å². The van der Waals surface area contributed by atoms with E-state index >= 15 is 0 Å². The third-order valence-electron chi connectivity index (χ3n) is 4.04. The molecular weight excluding hydrogens is 418 g/mol. The van der Waals surface area contributed by atoms with Gasteiger partial charge in [-0.1, -0.05) is 29.8 Å². The summed E-state index contributed by atoms with van der Waals surface area (Å²) in [7, 11) is 0. The molecular formula is C23H24ClN3O4. The number of nitrogens with one attached hydrogen (secondary N) is 1. The van der Waals surface area contributed by atoms with Gasteiger partial charge in [-0.2, -0.15) is 5.10 Å². The molecule has 2 aromatic carbocycles. The number of carbonyl (C=O) groups is 1. The average Bonchev–Trinajstić information content (AvgIpc) is 2.74. The van der Waals surface area contributed by atoms with Crippen LogP contribution in [0.4, 0.5) is 0 Å². The van der Waals surface area contributed by atoms with Crippen LogP contribution in [0.5, 0.6) is 17.2 Å². The zero-order chi connectivity index (χ0) is 22.2. The maximum absolute atomic E-state index is 12.1. The van der Waals surface area contributed by atoms with Gasteiger partial charge in [-0.15, -0.1) is 0 Å². The molecule has 0 unspecified atom stereocenters. The highest BCUT2D eigenvalue weighted by atomic mass is 35.5. The molecule has 0 saturated carbocycles. The first-order valence-electron chi connectivity index (χ1n) is 9.89. The summed E-state index contributed by atoms with van der Waals surface area (Å²) in [6, 6.07) is 12.8. The quantitative estimate of drug-likeness (QED) is 0.387. The lowest BCUT2D eigenvalue weighted by Crippen LogP contribution is -2.24. The molecule has 1 N–H and O–H groups in total. The number of nitrogens with zero attached hydrogens (tertiary/aromatic N) is 2. The number of carbonyl (C=O) groups excluding carboxylic acids is 1. The summed E-state index contributed by atoms with van der Waals surface area (Å²) in [4.78, 5) is 16.4. The summed E-state index contributed by atoms with van der Waals surface area (Å²) >= 11 is 6.34. The Balaban J connectivity index is 1.62. The third kappa shape index (κ3) is 6.08. The summed E-state index contributed by atoms with van der Waals surface area (Å²) in [5.41, 5.74) is 3.79. The van der Waals surface area contributed by atoms with Gasteiger partial charge in [-0.25, -0.2) is 5.43 Å². The third-order valence-corrected chi connectivity index (χ3v) is 4.32. The number of pyridine rings is 1. The summed E-state index contributed by atoms with van der Waals surface area (Å²) in [6.45, 7) is 5.96. The maximum atomic E-state index is 12.1. The fraction of sp³-hybridized carbons (Fsp3) is 0.261. The zero-order valence-corrected chi connectivity index (χ0v) is 18.3. The van der Waals surface area contributed by atoms with Crippen LogP contribution in [0.3, 0.4) is 0 Å². The van der Waals surface area contributed by atoms with Crippen LogP contribution >= 0.6 is 11.6 Å². The van der Waals surface area contributed by atoms with E-state index in [9.17, 15) is 4.79 Å². The maximum Gasteiger partial charge on any atom is 0.277 e. The molecule has 8 heteroatoms. The number of halogens is 1. The van der Waals surface area contributed by atoms with E-state index < -0.39 is 5.91 Å². The van der Waals surface area contributed by atoms with Crippen molar-refractivity contribution in [1.29, 1.82) is 0 Å². The van der Waals surface area contributed by atoms with Gasteiger partial charge < -0.3 is 14.2 Å². The molecule has 0 fully saturated rings. The number of para-hydroxylation sites is 1. The molecule has 0 aliphatic heterocycles. The average molecular weight is 442 g/mol. The van der Waals surface area contributed by atoms with Gasteiger partial charge >= 0.3 is 0 Å². The van der Waals surface area contributed by atoms with E-state index in [2.05, 4.69) is 15.5 Å². The molecule has 0 aliphatic rings. The number of amides is 1. The SMILES string of the molecule is CCOc1cc(/C=N/NC(=O)COc2cccc3cccnc23)cc(Cl)c1OC(C)C. The van der Waals surface area contributed by atoms with Crippen LogP contribution in [-0.2, 0) is 4.79 Å². The van der Waals surface area contributed by atoms with E-state index in [4.69, 9.17) is 25.8 Å². The van der Waals surface area contributed by atoms with Crippen LogP contribution in [0.15, 0.2) is 53.8 Å². The Bertz CT molecular complexity index is 1080. The van der Waals surface area contributed by atoms with Crippen molar-refractivity contribution in [1.82, 2.24) is 10.4 Å². The molecule has 3 aromatic rings. The second-order valence-electron chi connectivity index (χ2n) is 6.84.